The normalized spacial score (nSPS) is 19.6. The summed E-state index contributed by atoms with van der Waals surface area (Å²) >= 11 is 0. The topological polar surface area (TPSA) is 33.1 Å². The van der Waals surface area contributed by atoms with Crippen LogP contribution in [0.2, 0.25) is 0 Å². The Kier molecular flexibility index (Phi) is 3.94. The van der Waals surface area contributed by atoms with Crippen molar-refractivity contribution < 1.29 is 5.11 Å². The largest absolute Gasteiger partial charge is 0.388 e. The molecule has 1 N–H and O–H groups in total. The van der Waals surface area contributed by atoms with Crippen LogP contribution in [0.1, 0.15) is 55.8 Å². The Balaban J connectivity index is 1.96. The molecule has 0 bridgehead atoms. The van der Waals surface area contributed by atoms with Gasteiger partial charge in [0, 0.05) is 18.0 Å². The van der Waals surface area contributed by atoms with Gasteiger partial charge in [-0.25, -0.2) is 0 Å². The van der Waals surface area contributed by atoms with Crippen LogP contribution in [0.15, 0.2) is 18.5 Å². The van der Waals surface area contributed by atoms with Crippen molar-refractivity contribution in [1.82, 2.24) is 4.98 Å². The fraction of sp³-hybridized carbons (Fsp3) is 0.643. The number of aliphatic hydroxyl groups is 1. The molecule has 2 rings (SSSR count). The van der Waals surface area contributed by atoms with E-state index < -0.39 is 0 Å². The van der Waals surface area contributed by atoms with Crippen LogP contribution < -0.4 is 0 Å². The maximum Gasteiger partial charge on any atom is 0.0810 e. The highest BCUT2D eigenvalue weighted by Crippen LogP contribution is 2.32. The molecule has 0 saturated heterocycles. The average Bonchev–Trinajstić information content (AvgIpc) is 2.31. The fourth-order valence-electron chi connectivity index (χ4n) is 2.69. The second-order valence-corrected chi connectivity index (χ2v) is 4.99. The Morgan fingerprint density at radius 3 is 2.81 bits per heavy atom. The van der Waals surface area contributed by atoms with E-state index in [0.717, 1.165) is 17.5 Å². The summed E-state index contributed by atoms with van der Waals surface area (Å²) in [5.74, 6) is 0.711. The number of aromatic nitrogens is 1. The van der Waals surface area contributed by atoms with E-state index in [9.17, 15) is 5.11 Å². The minimum absolute atomic E-state index is 0.322. The van der Waals surface area contributed by atoms with Gasteiger partial charge in [0.2, 0.25) is 0 Å². The Morgan fingerprint density at radius 2 is 2.12 bits per heavy atom. The summed E-state index contributed by atoms with van der Waals surface area (Å²) < 4.78 is 0. The van der Waals surface area contributed by atoms with Gasteiger partial charge in [0.05, 0.1) is 6.10 Å². The van der Waals surface area contributed by atoms with Gasteiger partial charge in [0.15, 0.2) is 0 Å². The average molecular weight is 219 g/mol. The van der Waals surface area contributed by atoms with Crippen LogP contribution in [0.25, 0.3) is 0 Å². The SMILES string of the molecule is Cc1ccncc1C(O)CC1CCCCC1. The first-order chi connectivity index (χ1) is 7.77. The van der Waals surface area contributed by atoms with Gasteiger partial charge in [-0.15, -0.1) is 0 Å². The highest BCUT2D eigenvalue weighted by molar-refractivity contribution is 5.23. The summed E-state index contributed by atoms with van der Waals surface area (Å²) in [5, 5.41) is 10.2. The number of aliphatic hydroxyl groups excluding tert-OH is 1. The van der Waals surface area contributed by atoms with Gasteiger partial charge in [-0.3, -0.25) is 4.98 Å². The minimum Gasteiger partial charge on any atom is -0.388 e. The lowest BCUT2D eigenvalue weighted by atomic mass is 9.84. The zero-order chi connectivity index (χ0) is 11.4. The summed E-state index contributed by atoms with van der Waals surface area (Å²) in [6.45, 7) is 2.04. The summed E-state index contributed by atoms with van der Waals surface area (Å²) in [7, 11) is 0. The van der Waals surface area contributed by atoms with Crippen molar-refractivity contribution in [2.75, 3.05) is 0 Å². The molecule has 0 aromatic carbocycles. The maximum absolute atomic E-state index is 10.2. The minimum atomic E-state index is -0.322. The molecule has 0 spiro atoms. The summed E-state index contributed by atoms with van der Waals surface area (Å²) in [6.07, 6.45) is 10.8. The van der Waals surface area contributed by atoms with Crippen molar-refractivity contribution in [1.29, 1.82) is 0 Å². The first-order valence-electron chi connectivity index (χ1n) is 6.36. The van der Waals surface area contributed by atoms with E-state index >= 15 is 0 Å². The molecule has 1 aliphatic carbocycles. The van der Waals surface area contributed by atoms with Crippen LogP contribution in [-0.2, 0) is 0 Å². The first-order valence-corrected chi connectivity index (χ1v) is 6.36. The predicted octanol–water partition coefficient (Wildman–Crippen LogP) is 3.39. The Labute approximate surface area is 97.7 Å². The third kappa shape index (κ3) is 2.82. The summed E-state index contributed by atoms with van der Waals surface area (Å²) in [4.78, 5) is 4.10. The molecular weight excluding hydrogens is 198 g/mol. The van der Waals surface area contributed by atoms with Crippen molar-refractivity contribution >= 4 is 0 Å². The molecule has 88 valence electrons. The zero-order valence-corrected chi connectivity index (χ0v) is 10.0. The lowest BCUT2D eigenvalue weighted by Gasteiger charge is -2.24. The van der Waals surface area contributed by atoms with E-state index in [2.05, 4.69) is 4.98 Å². The van der Waals surface area contributed by atoms with Gasteiger partial charge in [0.25, 0.3) is 0 Å². The van der Waals surface area contributed by atoms with E-state index in [1.807, 2.05) is 19.2 Å². The van der Waals surface area contributed by atoms with Crippen molar-refractivity contribution in [3.8, 4) is 0 Å². The van der Waals surface area contributed by atoms with Gasteiger partial charge in [-0.1, -0.05) is 32.1 Å². The number of rotatable bonds is 3. The Hall–Kier alpha value is -0.890. The van der Waals surface area contributed by atoms with E-state index in [1.165, 1.54) is 32.1 Å². The molecule has 0 amide bonds. The molecule has 1 atom stereocenters. The van der Waals surface area contributed by atoms with Crippen LogP contribution in [0.4, 0.5) is 0 Å². The number of nitrogens with zero attached hydrogens (tertiary/aromatic N) is 1. The second-order valence-electron chi connectivity index (χ2n) is 4.99. The van der Waals surface area contributed by atoms with Crippen molar-refractivity contribution in [2.45, 2.75) is 51.6 Å². The van der Waals surface area contributed by atoms with Crippen molar-refractivity contribution in [3.05, 3.63) is 29.6 Å². The number of aryl methyl sites for hydroxylation is 1. The molecule has 1 unspecified atom stereocenters. The smallest absolute Gasteiger partial charge is 0.0810 e. The molecule has 1 fully saturated rings. The van der Waals surface area contributed by atoms with Crippen molar-refractivity contribution in [3.63, 3.8) is 0 Å². The van der Waals surface area contributed by atoms with Crippen LogP contribution in [0.5, 0.6) is 0 Å². The highest BCUT2D eigenvalue weighted by atomic mass is 16.3. The molecule has 0 aliphatic heterocycles. The van der Waals surface area contributed by atoms with Gasteiger partial charge < -0.3 is 5.11 Å². The van der Waals surface area contributed by atoms with Gasteiger partial charge in [-0.2, -0.15) is 0 Å². The molecule has 1 heterocycles. The monoisotopic (exact) mass is 219 g/mol. The predicted molar refractivity (Wildman–Crippen MR) is 65.1 cm³/mol. The maximum atomic E-state index is 10.2. The number of hydrogen-bond acceptors (Lipinski definition) is 2. The number of hydrogen-bond donors (Lipinski definition) is 1. The third-order valence-corrected chi connectivity index (χ3v) is 3.72. The van der Waals surface area contributed by atoms with E-state index in [4.69, 9.17) is 0 Å². The molecule has 2 nitrogen and oxygen atoms in total. The summed E-state index contributed by atoms with van der Waals surface area (Å²) in [5.41, 5.74) is 2.16. The number of pyridine rings is 1. The lowest BCUT2D eigenvalue weighted by molar-refractivity contribution is 0.130. The van der Waals surface area contributed by atoms with E-state index in [0.29, 0.717) is 5.92 Å². The quantitative estimate of drug-likeness (QED) is 0.845. The summed E-state index contributed by atoms with van der Waals surface area (Å²) in [6, 6.07) is 1.97. The van der Waals surface area contributed by atoms with Crippen molar-refractivity contribution in [2.24, 2.45) is 5.92 Å². The zero-order valence-electron chi connectivity index (χ0n) is 10.0. The molecule has 1 aliphatic rings. The molecule has 1 aromatic rings. The lowest BCUT2D eigenvalue weighted by Crippen LogP contribution is -2.12. The van der Waals surface area contributed by atoms with Gasteiger partial charge in [0.1, 0.15) is 0 Å². The van der Waals surface area contributed by atoms with Gasteiger partial charge >= 0.3 is 0 Å². The van der Waals surface area contributed by atoms with Crippen LogP contribution in [0, 0.1) is 12.8 Å². The third-order valence-electron chi connectivity index (χ3n) is 3.72. The molecule has 1 aromatic heterocycles. The second kappa shape index (κ2) is 5.44. The first kappa shape index (κ1) is 11.6. The fourth-order valence-corrected chi connectivity index (χ4v) is 2.69. The standard InChI is InChI=1S/C14H21NO/c1-11-7-8-15-10-13(11)14(16)9-12-5-3-2-4-6-12/h7-8,10,12,14,16H,2-6,9H2,1H3. The molecule has 0 radical (unpaired) electrons. The van der Waals surface area contributed by atoms with Crippen LogP contribution in [-0.4, -0.2) is 10.1 Å². The molecular formula is C14H21NO. The Morgan fingerprint density at radius 1 is 1.38 bits per heavy atom. The van der Waals surface area contributed by atoms with Crippen LogP contribution >= 0.6 is 0 Å². The van der Waals surface area contributed by atoms with Gasteiger partial charge in [-0.05, 0) is 30.9 Å². The Bertz CT molecular complexity index is 331. The molecule has 1 saturated carbocycles. The highest BCUT2D eigenvalue weighted by Gasteiger charge is 2.19. The van der Waals surface area contributed by atoms with E-state index in [-0.39, 0.29) is 6.10 Å². The van der Waals surface area contributed by atoms with Crippen LogP contribution in [0.3, 0.4) is 0 Å². The molecule has 16 heavy (non-hydrogen) atoms. The molecule has 2 heteroatoms. The van der Waals surface area contributed by atoms with E-state index in [1.54, 1.807) is 6.20 Å².